The van der Waals surface area contributed by atoms with E-state index in [2.05, 4.69) is 5.10 Å². The first-order valence-electron chi connectivity index (χ1n) is 6.96. The predicted octanol–water partition coefficient (Wildman–Crippen LogP) is 3.23. The van der Waals surface area contributed by atoms with Crippen molar-refractivity contribution < 1.29 is 22.8 Å². The highest BCUT2D eigenvalue weighted by Crippen LogP contribution is 2.40. The average Bonchev–Trinajstić information content (AvgIpc) is 2.84. The standard InChI is InChI=1S/C16H13F3N2O2/c1-15(2)8-10-11(12(22)14(15)23)13(16(17,18)19)20-21(10)9-6-4-3-5-7-9/h3-7H,8H2,1-2H3. The normalized spacial score (nSPS) is 17.3. The second-order valence-corrected chi connectivity index (χ2v) is 6.13. The largest absolute Gasteiger partial charge is 0.435 e. The Morgan fingerprint density at radius 1 is 1.13 bits per heavy atom. The molecule has 0 N–H and O–H groups in total. The molecule has 120 valence electrons. The van der Waals surface area contributed by atoms with Crippen LogP contribution < -0.4 is 0 Å². The van der Waals surface area contributed by atoms with Crippen molar-refractivity contribution in [3.8, 4) is 5.69 Å². The molecule has 1 heterocycles. The number of para-hydroxylation sites is 1. The molecule has 1 aliphatic carbocycles. The molecule has 23 heavy (non-hydrogen) atoms. The molecule has 0 fully saturated rings. The zero-order chi connectivity index (χ0) is 17.0. The van der Waals surface area contributed by atoms with Crippen molar-refractivity contribution in [2.24, 2.45) is 5.41 Å². The van der Waals surface area contributed by atoms with Gasteiger partial charge in [0, 0.05) is 11.8 Å². The van der Waals surface area contributed by atoms with Gasteiger partial charge in [0.2, 0.25) is 11.6 Å². The van der Waals surface area contributed by atoms with Crippen molar-refractivity contribution in [3.63, 3.8) is 0 Å². The van der Waals surface area contributed by atoms with E-state index in [-0.39, 0.29) is 12.1 Å². The number of rotatable bonds is 1. The fraction of sp³-hybridized carbons (Fsp3) is 0.312. The summed E-state index contributed by atoms with van der Waals surface area (Å²) >= 11 is 0. The highest BCUT2D eigenvalue weighted by molar-refractivity contribution is 6.46. The minimum absolute atomic E-state index is 0.0187. The van der Waals surface area contributed by atoms with E-state index in [0.29, 0.717) is 5.69 Å². The maximum absolute atomic E-state index is 13.3. The van der Waals surface area contributed by atoms with Gasteiger partial charge < -0.3 is 0 Å². The summed E-state index contributed by atoms with van der Waals surface area (Å²) in [6.45, 7) is 3.09. The second-order valence-electron chi connectivity index (χ2n) is 6.13. The first kappa shape index (κ1) is 15.5. The molecule has 0 unspecified atom stereocenters. The molecule has 3 rings (SSSR count). The molecule has 0 spiro atoms. The monoisotopic (exact) mass is 322 g/mol. The van der Waals surface area contributed by atoms with Gasteiger partial charge in [-0.2, -0.15) is 18.3 Å². The summed E-state index contributed by atoms with van der Waals surface area (Å²) in [6, 6.07) is 8.25. The smallest absolute Gasteiger partial charge is 0.290 e. The first-order valence-corrected chi connectivity index (χ1v) is 6.96. The maximum atomic E-state index is 13.3. The number of halogens is 3. The van der Waals surface area contributed by atoms with Gasteiger partial charge in [0.1, 0.15) is 0 Å². The van der Waals surface area contributed by atoms with Gasteiger partial charge in [-0.3, -0.25) is 9.59 Å². The minimum Gasteiger partial charge on any atom is -0.290 e. The van der Waals surface area contributed by atoms with E-state index in [4.69, 9.17) is 0 Å². The Hall–Kier alpha value is -2.44. The highest BCUT2D eigenvalue weighted by atomic mass is 19.4. The van der Waals surface area contributed by atoms with Crippen LogP contribution in [-0.2, 0) is 17.4 Å². The van der Waals surface area contributed by atoms with E-state index in [9.17, 15) is 22.8 Å². The molecule has 7 heteroatoms. The fourth-order valence-corrected chi connectivity index (χ4v) is 2.76. The lowest BCUT2D eigenvalue weighted by atomic mass is 9.74. The molecule has 0 atom stereocenters. The predicted molar refractivity (Wildman–Crippen MR) is 75.4 cm³/mol. The number of alkyl halides is 3. The summed E-state index contributed by atoms with van der Waals surface area (Å²) in [6.07, 6.45) is -4.79. The summed E-state index contributed by atoms with van der Waals surface area (Å²) in [5.41, 5.74) is -2.44. The Bertz CT molecular complexity index is 805. The van der Waals surface area contributed by atoms with Gasteiger partial charge in [0.15, 0.2) is 5.69 Å². The van der Waals surface area contributed by atoms with Crippen molar-refractivity contribution in [2.75, 3.05) is 0 Å². The Kier molecular flexibility index (Phi) is 3.21. The molecule has 0 aliphatic heterocycles. The number of nitrogens with zero attached hydrogens (tertiary/aromatic N) is 2. The van der Waals surface area contributed by atoms with Crippen molar-refractivity contribution in [1.29, 1.82) is 0 Å². The first-order chi connectivity index (χ1) is 10.6. The van der Waals surface area contributed by atoms with Gasteiger partial charge >= 0.3 is 6.18 Å². The molecule has 2 aromatic rings. The second kappa shape index (κ2) is 4.78. The van der Waals surface area contributed by atoms with E-state index < -0.39 is 34.4 Å². The molecule has 1 aromatic carbocycles. The summed E-state index contributed by atoms with van der Waals surface area (Å²) in [4.78, 5) is 24.3. The van der Waals surface area contributed by atoms with Gasteiger partial charge in [-0.25, -0.2) is 4.68 Å². The number of ketones is 2. The quantitative estimate of drug-likeness (QED) is 0.758. The molecule has 0 saturated carbocycles. The van der Waals surface area contributed by atoms with Crippen LogP contribution in [0, 0.1) is 5.41 Å². The van der Waals surface area contributed by atoms with Gasteiger partial charge in [0.05, 0.1) is 16.9 Å². The van der Waals surface area contributed by atoms with E-state index in [1.807, 2.05) is 0 Å². The van der Waals surface area contributed by atoms with Crippen LogP contribution in [0.15, 0.2) is 30.3 Å². The minimum atomic E-state index is -4.80. The molecule has 0 radical (unpaired) electrons. The SMILES string of the molecule is CC1(C)Cc2c(c(C(F)(F)F)nn2-c2ccccc2)C(=O)C1=O. The van der Waals surface area contributed by atoms with Crippen molar-refractivity contribution in [2.45, 2.75) is 26.4 Å². The molecule has 1 aromatic heterocycles. The number of benzene rings is 1. The van der Waals surface area contributed by atoms with Crippen LogP contribution in [0.5, 0.6) is 0 Å². The van der Waals surface area contributed by atoms with Crippen LogP contribution in [0.3, 0.4) is 0 Å². The number of carbonyl (C=O) groups excluding carboxylic acids is 2. The lowest BCUT2D eigenvalue weighted by Gasteiger charge is -2.27. The highest BCUT2D eigenvalue weighted by Gasteiger charge is 2.49. The zero-order valence-electron chi connectivity index (χ0n) is 12.4. The number of fused-ring (bicyclic) bond motifs is 1. The van der Waals surface area contributed by atoms with Crippen LogP contribution in [0.2, 0.25) is 0 Å². The third-order valence-electron chi connectivity index (χ3n) is 3.91. The fourth-order valence-electron chi connectivity index (χ4n) is 2.76. The Labute approximate surface area is 129 Å². The maximum Gasteiger partial charge on any atom is 0.435 e. The molecule has 4 nitrogen and oxygen atoms in total. The molecular weight excluding hydrogens is 309 g/mol. The van der Waals surface area contributed by atoms with Crippen molar-refractivity contribution in [3.05, 3.63) is 47.3 Å². The molecular formula is C16H13F3N2O2. The van der Waals surface area contributed by atoms with Gasteiger partial charge in [-0.15, -0.1) is 0 Å². The van der Waals surface area contributed by atoms with Crippen molar-refractivity contribution >= 4 is 11.6 Å². The lowest BCUT2D eigenvalue weighted by Crippen LogP contribution is -2.39. The van der Waals surface area contributed by atoms with E-state index in [0.717, 1.165) is 4.68 Å². The van der Waals surface area contributed by atoms with Crippen LogP contribution in [-0.4, -0.2) is 21.3 Å². The van der Waals surface area contributed by atoms with Crippen LogP contribution in [0.25, 0.3) is 5.69 Å². The summed E-state index contributed by atoms with van der Waals surface area (Å²) in [7, 11) is 0. The van der Waals surface area contributed by atoms with Crippen molar-refractivity contribution in [1.82, 2.24) is 9.78 Å². The Morgan fingerprint density at radius 3 is 2.30 bits per heavy atom. The topological polar surface area (TPSA) is 52.0 Å². The number of aromatic nitrogens is 2. The van der Waals surface area contributed by atoms with Gasteiger partial charge in [-0.1, -0.05) is 32.0 Å². The molecule has 0 saturated heterocycles. The Balaban J connectivity index is 2.32. The summed E-state index contributed by atoms with van der Waals surface area (Å²) in [5.74, 6) is -1.94. The summed E-state index contributed by atoms with van der Waals surface area (Å²) in [5, 5.41) is 3.60. The van der Waals surface area contributed by atoms with E-state index >= 15 is 0 Å². The third-order valence-corrected chi connectivity index (χ3v) is 3.91. The molecule has 0 bridgehead atoms. The van der Waals surface area contributed by atoms with Gasteiger partial charge in [-0.05, 0) is 12.1 Å². The average molecular weight is 322 g/mol. The zero-order valence-corrected chi connectivity index (χ0v) is 12.4. The lowest BCUT2D eigenvalue weighted by molar-refractivity contribution is -0.141. The number of carbonyl (C=O) groups is 2. The van der Waals surface area contributed by atoms with E-state index in [1.165, 1.54) is 0 Å². The summed E-state index contributed by atoms with van der Waals surface area (Å²) < 4.78 is 40.9. The van der Waals surface area contributed by atoms with E-state index in [1.54, 1.807) is 44.2 Å². The number of Topliss-reactive ketones (excluding diaryl/α,β-unsaturated/α-hetero) is 2. The van der Waals surface area contributed by atoms with Crippen LogP contribution >= 0.6 is 0 Å². The molecule has 1 aliphatic rings. The number of hydrogen-bond donors (Lipinski definition) is 0. The van der Waals surface area contributed by atoms with Crippen LogP contribution in [0.4, 0.5) is 13.2 Å². The van der Waals surface area contributed by atoms with Gasteiger partial charge in [0.25, 0.3) is 0 Å². The molecule has 0 amide bonds. The number of hydrogen-bond acceptors (Lipinski definition) is 3. The Morgan fingerprint density at radius 2 is 1.74 bits per heavy atom. The van der Waals surface area contributed by atoms with Crippen LogP contribution in [0.1, 0.15) is 35.6 Å². The third kappa shape index (κ3) is 2.36.